The highest BCUT2D eigenvalue weighted by atomic mass is 35.5. The lowest BCUT2D eigenvalue weighted by Crippen LogP contribution is -2.12. The highest BCUT2D eigenvalue weighted by molar-refractivity contribution is 8.00. The molecule has 72 valence electrons. The van der Waals surface area contributed by atoms with Crippen LogP contribution in [0.15, 0.2) is 11.2 Å². The molecule has 0 aromatic carbocycles. The van der Waals surface area contributed by atoms with Crippen LogP contribution in [0.1, 0.15) is 6.92 Å². The number of rotatable bonds is 3. The van der Waals surface area contributed by atoms with E-state index in [9.17, 15) is 0 Å². The lowest BCUT2D eigenvalue weighted by Gasteiger charge is -2.09. The molecule has 0 fully saturated rings. The van der Waals surface area contributed by atoms with Crippen molar-refractivity contribution in [1.29, 1.82) is 0 Å². The smallest absolute Gasteiger partial charge is 0.147 e. The Morgan fingerprint density at radius 2 is 2.00 bits per heavy atom. The molecule has 1 unspecified atom stereocenters. The Balaban J connectivity index is 2.87. The average molecular weight is 238 g/mol. The van der Waals surface area contributed by atoms with Crippen molar-refractivity contribution >= 4 is 35.0 Å². The Kier molecular flexibility index (Phi) is 4.25. The van der Waals surface area contributed by atoms with Gasteiger partial charge in [-0.15, -0.1) is 11.8 Å². The summed E-state index contributed by atoms with van der Waals surface area (Å²) in [4.78, 5) is 8.37. The molecule has 13 heavy (non-hydrogen) atoms. The maximum Gasteiger partial charge on any atom is 0.147 e. The van der Waals surface area contributed by atoms with Crippen LogP contribution in [0.25, 0.3) is 0 Å². The third kappa shape index (κ3) is 2.98. The van der Waals surface area contributed by atoms with E-state index in [2.05, 4.69) is 9.97 Å². The van der Waals surface area contributed by atoms with Gasteiger partial charge in [-0.3, -0.25) is 0 Å². The van der Waals surface area contributed by atoms with Gasteiger partial charge in [-0.2, -0.15) is 0 Å². The van der Waals surface area contributed by atoms with Crippen LogP contribution in [-0.2, 0) is 0 Å². The number of nitrogens with two attached hydrogens (primary N) is 1. The third-order valence-corrected chi connectivity index (χ3v) is 3.38. The van der Waals surface area contributed by atoms with Gasteiger partial charge in [-0.05, 0) is 0 Å². The molecule has 0 bridgehead atoms. The van der Waals surface area contributed by atoms with Crippen LogP contribution in [0.2, 0.25) is 10.3 Å². The topological polar surface area (TPSA) is 51.8 Å². The number of aromatic nitrogens is 2. The normalized spacial score (nSPS) is 12.9. The Hall–Kier alpha value is -0.0300. The quantitative estimate of drug-likeness (QED) is 0.648. The van der Waals surface area contributed by atoms with Gasteiger partial charge >= 0.3 is 0 Å². The standard InChI is InChI=1S/C7H9Cl2N3S/c1-4(2-10)13-5-6(8)11-3-12-7(5)9/h3-4H,2,10H2,1H3. The molecule has 0 radical (unpaired) electrons. The van der Waals surface area contributed by atoms with Gasteiger partial charge in [0.2, 0.25) is 0 Å². The van der Waals surface area contributed by atoms with Gasteiger partial charge in [0.05, 0.1) is 4.90 Å². The van der Waals surface area contributed by atoms with E-state index in [4.69, 9.17) is 28.9 Å². The van der Waals surface area contributed by atoms with E-state index in [0.29, 0.717) is 21.7 Å². The number of halogens is 2. The van der Waals surface area contributed by atoms with Crippen LogP contribution >= 0.6 is 35.0 Å². The number of nitrogens with zero attached hydrogens (tertiary/aromatic N) is 2. The largest absolute Gasteiger partial charge is 0.329 e. The molecule has 6 heteroatoms. The first-order valence-electron chi connectivity index (χ1n) is 3.68. The minimum absolute atomic E-state index is 0.251. The number of hydrogen-bond donors (Lipinski definition) is 1. The summed E-state index contributed by atoms with van der Waals surface area (Å²) in [7, 11) is 0. The van der Waals surface area contributed by atoms with Gasteiger partial charge in [0.1, 0.15) is 16.6 Å². The maximum absolute atomic E-state index is 5.83. The summed E-state index contributed by atoms with van der Waals surface area (Å²) in [6.07, 6.45) is 1.34. The third-order valence-electron chi connectivity index (χ3n) is 1.37. The van der Waals surface area contributed by atoms with Crippen molar-refractivity contribution in [1.82, 2.24) is 9.97 Å². The molecule has 1 heterocycles. The van der Waals surface area contributed by atoms with Gasteiger partial charge in [0.25, 0.3) is 0 Å². The van der Waals surface area contributed by atoms with E-state index in [1.54, 1.807) is 0 Å². The number of thioether (sulfide) groups is 1. The van der Waals surface area contributed by atoms with Gasteiger partial charge in [0, 0.05) is 11.8 Å². The van der Waals surface area contributed by atoms with Gasteiger partial charge in [-0.1, -0.05) is 30.1 Å². The van der Waals surface area contributed by atoms with Crippen molar-refractivity contribution in [3.63, 3.8) is 0 Å². The Labute approximate surface area is 91.0 Å². The second kappa shape index (κ2) is 5.00. The fourth-order valence-electron chi connectivity index (χ4n) is 0.679. The van der Waals surface area contributed by atoms with Gasteiger partial charge in [0.15, 0.2) is 0 Å². The molecule has 1 atom stereocenters. The van der Waals surface area contributed by atoms with Crippen molar-refractivity contribution in [2.75, 3.05) is 6.54 Å². The van der Waals surface area contributed by atoms with Crippen LogP contribution in [0.4, 0.5) is 0 Å². The fourth-order valence-corrected chi connectivity index (χ4v) is 2.06. The van der Waals surface area contributed by atoms with Crippen molar-refractivity contribution in [2.24, 2.45) is 5.73 Å². The predicted molar refractivity (Wildman–Crippen MR) is 56.4 cm³/mol. The molecule has 0 aliphatic rings. The van der Waals surface area contributed by atoms with Crippen LogP contribution in [0.3, 0.4) is 0 Å². The van der Waals surface area contributed by atoms with Crippen molar-refractivity contribution in [2.45, 2.75) is 17.1 Å². The molecule has 1 aromatic heterocycles. The van der Waals surface area contributed by atoms with Gasteiger partial charge in [-0.25, -0.2) is 9.97 Å². The lowest BCUT2D eigenvalue weighted by atomic mass is 10.5. The molecule has 0 saturated carbocycles. The summed E-state index contributed by atoms with van der Waals surface area (Å²) in [6.45, 7) is 2.55. The van der Waals surface area contributed by atoms with E-state index in [-0.39, 0.29) is 5.25 Å². The monoisotopic (exact) mass is 237 g/mol. The molecule has 0 aliphatic carbocycles. The highest BCUT2D eigenvalue weighted by Gasteiger charge is 2.11. The maximum atomic E-state index is 5.83. The minimum atomic E-state index is 0.251. The first kappa shape index (κ1) is 11.0. The lowest BCUT2D eigenvalue weighted by molar-refractivity contribution is 0.948. The van der Waals surface area contributed by atoms with Crippen LogP contribution in [-0.4, -0.2) is 21.8 Å². The van der Waals surface area contributed by atoms with Crippen LogP contribution < -0.4 is 5.73 Å². The minimum Gasteiger partial charge on any atom is -0.329 e. The Morgan fingerprint density at radius 3 is 2.46 bits per heavy atom. The molecule has 3 nitrogen and oxygen atoms in total. The summed E-state index contributed by atoms with van der Waals surface area (Å²) in [5, 5.41) is 1.01. The number of hydrogen-bond acceptors (Lipinski definition) is 4. The summed E-state index contributed by atoms with van der Waals surface area (Å²) >= 11 is 13.1. The zero-order valence-electron chi connectivity index (χ0n) is 7.00. The van der Waals surface area contributed by atoms with Crippen molar-refractivity contribution < 1.29 is 0 Å². The second-order valence-electron chi connectivity index (χ2n) is 2.45. The molecule has 1 rings (SSSR count). The van der Waals surface area contributed by atoms with Crippen LogP contribution in [0, 0.1) is 0 Å². The van der Waals surface area contributed by atoms with Crippen molar-refractivity contribution in [3.05, 3.63) is 16.6 Å². The highest BCUT2D eigenvalue weighted by Crippen LogP contribution is 2.33. The SMILES string of the molecule is CC(CN)Sc1c(Cl)ncnc1Cl. The zero-order valence-corrected chi connectivity index (χ0v) is 9.33. The van der Waals surface area contributed by atoms with E-state index in [1.165, 1.54) is 18.1 Å². The molecular formula is C7H9Cl2N3S. The summed E-state index contributed by atoms with van der Waals surface area (Å²) in [6, 6.07) is 0. The van der Waals surface area contributed by atoms with E-state index in [0.717, 1.165) is 0 Å². The average Bonchev–Trinajstić information content (AvgIpc) is 2.11. The molecule has 0 saturated heterocycles. The zero-order chi connectivity index (χ0) is 9.84. The second-order valence-corrected chi connectivity index (χ2v) is 4.61. The van der Waals surface area contributed by atoms with E-state index < -0.39 is 0 Å². The molecular weight excluding hydrogens is 229 g/mol. The molecule has 0 aliphatic heterocycles. The van der Waals surface area contributed by atoms with Crippen LogP contribution in [0.5, 0.6) is 0 Å². The molecule has 0 amide bonds. The first-order valence-corrected chi connectivity index (χ1v) is 5.31. The molecule has 1 aromatic rings. The summed E-state index contributed by atoms with van der Waals surface area (Å²) < 4.78 is 0. The van der Waals surface area contributed by atoms with Gasteiger partial charge < -0.3 is 5.73 Å². The molecule has 0 spiro atoms. The Morgan fingerprint density at radius 1 is 1.46 bits per heavy atom. The summed E-state index contributed by atoms with van der Waals surface area (Å²) in [5.41, 5.74) is 5.47. The van der Waals surface area contributed by atoms with Crippen molar-refractivity contribution in [3.8, 4) is 0 Å². The first-order chi connectivity index (χ1) is 6.15. The molecule has 2 N–H and O–H groups in total. The van der Waals surface area contributed by atoms with E-state index in [1.807, 2.05) is 6.92 Å². The van der Waals surface area contributed by atoms with E-state index >= 15 is 0 Å². The fraction of sp³-hybridized carbons (Fsp3) is 0.429. The Bertz CT molecular complexity index is 275. The summed E-state index contributed by atoms with van der Waals surface area (Å²) in [5.74, 6) is 0. The predicted octanol–water partition coefficient (Wildman–Crippen LogP) is 2.22.